The molecular formula is C22H33N5O3S. The molecule has 1 saturated heterocycles. The monoisotopic (exact) mass is 447 g/mol. The topological polar surface area (TPSA) is 76.2 Å². The zero-order valence-electron chi connectivity index (χ0n) is 18.7. The molecule has 1 fully saturated rings. The maximum atomic E-state index is 12.7. The van der Waals surface area contributed by atoms with Crippen LogP contribution in [-0.4, -0.2) is 104 Å². The maximum absolute atomic E-state index is 12.7. The first-order chi connectivity index (χ1) is 14.9. The molecule has 1 aromatic carbocycles. The van der Waals surface area contributed by atoms with Crippen molar-refractivity contribution in [2.45, 2.75) is 18.7 Å². The molecule has 0 atom stereocenters. The van der Waals surface area contributed by atoms with Gasteiger partial charge in [0, 0.05) is 62.8 Å². The largest absolute Gasteiger partial charge is 0.353 e. The fourth-order valence-electron chi connectivity index (χ4n) is 3.83. The smallest absolute Gasteiger partial charge is 0.253 e. The third-order valence-corrected chi connectivity index (χ3v) is 6.89. The number of amides is 3. The van der Waals surface area contributed by atoms with Gasteiger partial charge in [-0.3, -0.25) is 19.3 Å². The number of carbonyl (C=O) groups excluding carboxylic acids is 3. The van der Waals surface area contributed by atoms with E-state index in [1.54, 1.807) is 17.0 Å². The van der Waals surface area contributed by atoms with Gasteiger partial charge in [0.25, 0.3) is 5.91 Å². The molecule has 9 heteroatoms. The van der Waals surface area contributed by atoms with E-state index in [4.69, 9.17) is 0 Å². The first-order valence-corrected chi connectivity index (χ1v) is 12.0. The quantitative estimate of drug-likeness (QED) is 0.640. The predicted octanol–water partition coefficient (Wildman–Crippen LogP) is 0.971. The van der Waals surface area contributed by atoms with E-state index in [-0.39, 0.29) is 24.3 Å². The lowest BCUT2D eigenvalue weighted by atomic mass is 10.1. The number of carbonyl (C=O) groups is 3. The number of thioether (sulfide) groups is 1. The lowest BCUT2D eigenvalue weighted by Gasteiger charge is -2.32. The van der Waals surface area contributed by atoms with E-state index in [0.717, 1.165) is 37.6 Å². The highest BCUT2D eigenvalue weighted by molar-refractivity contribution is 8.00. The summed E-state index contributed by atoms with van der Waals surface area (Å²) in [6, 6.07) is 5.43. The van der Waals surface area contributed by atoms with Crippen LogP contribution in [0.4, 0.5) is 5.69 Å². The fourth-order valence-corrected chi connectivity index (χ4v) is 4.74. The molecule has 3 rings (SSSR count). The second-order valence-electron chi connectivity index (χ2n) is 7.92. The number of nitrogens with one attached hydrogen (secondary N) is 1. The third kappa shape index (κ3) is 5.99. The van der Waals surface area contributed by atoms with Crippen LogP contribution in [0.15, 0.2) is 23.1 Å². The first kappa shape index (κ1) is 23.6. The molecule has 0 spiro atoms. The molecule has 170 valence electrons. The summed E-state index contributed by atoms with van der Waals surface area (Å²) >= 11 is 1.45. The Kier molecular flexibility index (Phi) is 8.34. The molecule has 8 nitrogen and oxygen atoms in total. The third-order valence-electron chi connectivity index (χ3n) is 5.85. The molecule has 0 aromatic heterocycles. The van der Waals surface area contributed by atoms with Gasteiger partial charge in [-0.2, -0.15) is 0 Å². The minimum atomic E-state index is -0.180. The van der Waals surface area contributed by atoms with Gasteiger partial charge in [-0.05, 0) is 39.1 Å². The summed E-state index contributed by atoms with van der Waals surface area (Å²) in [4.78, 5) is 46.7. The highest BCUT2D eigenvalue weighted by Crippen LogP contribution is 2.36. The Morgan fingerprint density at radius 2 is 1.84 bits per heavy atom. The molecule has 0 radical (unpaired) electrons. The number of fused-ring (bicyclic) bond motifs is 1. The van der Waals surface area contributed by atoms with Gasteiger partial charge in [0.1, 0.15) is 6.54 Å². The van der Waals surface area contributed by atoms with Crippen molar-refractivity contribution in [1.82, 2.24) is 20.0 Å². The summed E-state index contributed by atoms with van der Waals surface area (Å²) in [5.74, 6) is -0.0578. The van der Waals surface area contributed by atoms with Crippen molar-refractivity contribution in [2.24, 2.45) is 0 Å². The van der Waals surface area contributed by atoms with Crippen LogP contribution in [0, 0.1) is 0 Å². The lowest BCUT2D eigenvalue weighted by Crippen LogP contribution is -2.48. The van der Waals surface area contributed by atoms with Crippen molar-refractivity contribution in [3.05, 3.63) is 23.8 Å². The SMILES string of the molecule is CCN(CC)C(=O)c1ccc2c(c1)N(CC(=O)NCCN1CCN(C)CC1)C(=O)CS2. The lowest BCUT2D eigenvalue weighted by molar-refractivity contribution is -0.123. The van der Waals surface area contributed by atoms with Crippen molar-refractivity contribution < 1.29 is 14.4 Å². The van der Waals surface area contributed by atoms with E-state index in [0.29, 0.717) is 36.6 Å². The second kappa shape index (κ2) is 11.0. The number of hydrogen-bond donors (Lipinski definition) is 1. The van der Waals surface area contributed by atoms with Crippen LogP contribution in [-0.2, 0) is 9.59 Å². The molecule has 0 unspecified atom stereocenters. The zero-order chi connectivity index (χ0) is 22.4. The van der Waals surface area contributed by atoms with E-state index in [1.807, 2.05) is 19.9 Å². The van der Waals surface area contributed by atoms with Gasteiger partial charge < -0.3 is 20.0 Å². The van der Waals surface area contributed by atoms with Crippen LogP contribution >= 0.6 is 11.8 Å². The standard InChI is InChI=1S/C22H33N5O3S/c1-4-26(5-2)22(30)17-6-7-19-18(14-17)27(21(29)16-31-19)15-20(28)23-8-9-25-12-10-24(3)11-13-25/h6-7,14H,4-5,8-13,15-16H2,1-3H3,(H,23,28). The summed E-state index contributed by atoms with van der Waals surface area (Å²) in [5, 5.41) is 2.94. The Labute approximate surface area is 188 Å². The van der Waals surface area contributed by atoms with E-state index in [2.05, 4.69) is 22.2 Å². The number of likely N-dealkylation sites (N-methyl/N-ethyl adjacent to an activating group) is 1. The number of rotatable bonds is 8. The normalized spacial score (nSPS) is 17.4. The number of piperazine rings is 1. The number of nitrogens with zero attached hydrogens (tertiary/aromatic N) is 4. The molecule has 1 aromatic rings. The van der Waals surface area contributed by atoms with Crippen molar-refractivity contribution in [1.29, 1.82) is 0 Å². The minimum absolute atomic E-state index is 0.0297. The highest BCUT2D eigenvalue weighted by Gasteiger charge is 2.28. The van der Waals surface area contributed by atoms with Crippen LogP contribution in [0.5, 0.6) is 0 Å². The Hall–Kier alpha value is -2.10. The summed E-state index contributed by atoms with van der Waals surface area (Å²) in [6.45, 7) is 10.6. The van der Waals surface area contributed by atoms with E-state index in [1.165, 1.54) is 16.7 Å². The molecule has 0 saturated carbocycles. The van der Waals surface area contributed by atoms with Crippen LogP contribution < -0.4 is 10.2 Å². The predicted molar refractivity (Wildman–Crippen MR) is 124 cm³/mol. The Morgan fingerprint density at radius 3 is 2.52 bits per heavy atom. The van der Waals surface area contributed by atoms with Gasteiger partial charge in [-0.15, -0.1) is 11.8 Å². The summed E-state index contributed by atoms with van der Waals surface area (Å²) < 4.78 is 0. The number of anilines is 1. The molecule has 31 heavy (non-hydrogen) atoms. The number of benzene rings is 1. The van der Waals surface area contributed by atoms with Gasteiger partial charge in [0.05, 0.1) is 11.4 Å². The van der Waals surface area contributed by atoms with Gasteiger partial charge in [0.2, 0.25) is 11.8 Å². The molecule has 1 N–H and O–H groups in total. The highest BCUT2D eigenvalue weighted by atomic mass is 32.2. The zero-order valence-corrected chi connectivity index (χ0v) is 19.5. The number of hydrogen-bond acceptors (Lipinski definition) is 6. The average Bonchev–Trinajstić information content (AvgIpc) is 2.77. The summed E-state index contributed by atoms with van der Waals surface area (Å²) in [5.41, 5.74) is 1.19. The molecular weight excluding hydrogens is 414 g/mol. The van der Waals surface area contributed by atoms with Gasteiger partial charge in [-0.25, -0.2) is 0 Å². The van der Waals surface area contributed by atoms with Crippen molar-refractivity contribution in [2.75, 3.05) is 76.6 Å². The molecule has 3 amide bonds. The van der Waals surface area contributed by atoms with Crippen LogP contribution in [0.1, 0.15) is 24.2 Å². The van der Waals surface area contributed by atoms with Gasteiger partial charge in [-0.1, -0.05) is 0 Å². The van der Waals surface area contributed by atoms with Crippen LogP contribution in [0.3, 0.4) is 0 Å². The van der Waals surface area contributed by atoms with Crippen LogP contribution in [0.25, 0.3) is 0 Å². The first-order valence-electron chi connectivity index (χ1n) is 11.0. The van der Waals surface area contributed by atoms with Crippen molar-refractivity contribution in [3.8, 4) is 0 Å². The molecule has 2 aliphatic rings. The van der Waals surface area contributed by atoms with E-state index in [9.17, 15) is 14.4 Å². The Bertz CT molecular complexity index is 806. The van der Waals surface area contributed by atoms with E-state index < -0.39 is 0 Å². The van der Waals surface area contributed by atoms with E-state index >= 15 is 0 Å². The van der Waals surface area contributed by atoms with Gasteiger partial charge in [0.15, 0.2) is 0 Å². The Morgan fingerprint density at radius 1 is 1.13 bits per heavy atom. The maximum Gasteiger partial charge on any atom is 0.253 e. The molecule has 0 aliphatic carbocycles. The second-order valence-corrected chi connectivity index (χ2v) is 8.94. The molecule has 2 aliphatic heterocycles. The Balaban J connectivity index is 1.62. The minimum Gasteiger partial charge on any atom is -0.353 e. The summed E-state index contributed by atoms with van der Waals surface area (Å²) in [7, 11) is 2.12. The molecule has 0 bridgehead atoms. The van der Waals surface area contributed by atoms with Crippen molar-refractivity contribution in [3.63, 3.8) is 0 Å². The van der Waals surface area contributed by atoms with Crippen molar-refractivity contribution >= 4 is 35.2 Å². The summed E-state index contributed by atoms with van der Waals surface area (Å²) in [6.07, 6.45) is 0. The van der Waals surface area contributed by atoms with Crippen LogP contribution in [0.2, 0.25) is 0 Å². The fraction of sp³-hybridized carbons (Fsp3) is 0.591. The average molecular weight is 448 g/mol. The van der Waals surface area contributed by atoms with Gasteiger partial charge >= 0.3 is 0 Å². The molecule has 2 heterocycles.